The van der Waals surface area contributed by atoms with Gasteiger partial charge in [0.25, 0.3) is 17.7 Å². The number of nitrogens with zero attached hydrogens (tertiary/aromatic N) is 2. The van der Waals surface area contributed by atoms with Crippen molar-refractivity contribution in [2.45, 2.75) is 128 Å². The molecule has 10 atom stereocenters. The summed E-state index contributed by atoms with van der Waals surface area (Å²) < 4.78 is 0. The summed E-state index contributed by atoms with van der Waals surface area (Å²) >= 11 is 0. The minimum atomic E-state index is -1.79. The second-order valence-corrected chi connectivity index (χ2v) is 25.4. The molecule has 2 heterocycles. The van der Waals surface area contributed by atoms with Crippen LogP contribution in [0.4, 0.5) is 0 Å². The van der Waals surface area contributed by atoms with Crippen molar-refractivity contribution in [1.82, 2.24) is 52.3 Å². The zero-order valence-corrected chi connectivity index (χ0v) is 55.9. The van der Waals surface area contributed by atoms with E-state index >= 15 is 0 Å². The lowest BCUT2D eigenvalue weighted by molar-refractivity contribution is -0.151. The first kappa shape index (κ1) is 74.8. The molecule has 30 heteroatoms. The molecule has 1 saturated heterocycles. The molecule has 8 rings (SSSR count). The zero-order valence-electron chi connectivity index (χ0n) is 55.9. The van der Waals surface area contributed by atoms with Crippen molar-refractivity contribution >= 4 is 129 Å². The number of rotatable bonds is 30. The van der Waals surface area contributed by atoms with E-state index in [4.69, 9.17) is 0 Å². The Morgan fingerprint density at radius 3 is 1.30 bits per heavy atom. The van der Waals surface area contributed by atoms with Crippen LogP contribution in [0.2, 0.25) is 0 Å². The third-order valence-corrected chi connectivity index (χ3v) is 17.6. The normalized spacial score (nSPS) is 17.5. The number of allylic oxidation sites excluding steroid dienone is 1. The average Bonchev–Trinajstić information content (AvgIpc) is 0.699. The van der Waals surface area contributed by atoms with Gasteiger partial charge in [0.15, 0.2) is 0 Å². The van der Waals surface area contributed by atoms with Crippen molar-refractivity contribution in [3.63, 3.8) is 0 Å². The lowest BCUT2D eigenvalue weighted by Gasteiger charge is -2.40. The summed E-state index contributed by atoms with van der Waals surface area (Å²) in [5, 5.41) is 59.4. The van der Waals surface area contributed by atoms with E-state index in [0.29, 0.717) is 48.5 Å². The highest BCUT2D eigenvalue weighted by molar-refractivity contribution is 6.31. The molecule has 3 unspecified atom stereocenters. The highest BCUT2D eigenvalue weighted by Gasteiger charge is 2.48. The summed E-state index contributed by atoms with van der Waals surface area (Å²) in [4.78, 5) is 216. The van der Waals surface area contributed by atoms with Gasteiger partial charge >= 0.3 is 23.9 Å². The van der Waals surface area contributed by atoms with Crippen molar-refractivity contribution in [2.24, 2.45) is 17.8 Å². The van der Waals surface area contributed by atoms with Crippen molar-refractivity contribution in [3.05, 3.63) is 141 Å². The fraction of sp³-hybridized carbons (Fsp3) is 0.352. The summed E-state index contributed by atoms with van der Waals surface area (Å²) in [5.74, 6) is -20.7. The predicted molar refractivity (Wildman–Crippen MR) is 360 cm³/mol. The second kappa shape index (κ2) is 31.7. The van der Waals surface area contributed by atoms with E-state index in [1.165, 1.54) is 59.8 Å². The summed E-state index contributed by atoms with van der Waals surface area (Å²) in [6, 6.07) is 10.2. The molecule has 0 radical (unpaired) electrons. The molecule has 530 valence electrons. The van der Waals surface area contributed by atoms with Crippen LogP contribution in [0, 0.1) is 17.8 Å². The standard InChI is InChI=1S/C71H76N10O20/c1-9-39-55-43(67(95)80(66(39)94)30-50(82)72-35(7)60(88)74-46(26-37-16-12-10-13-17-37)62(90)76-48(28-52(84)85)64(92)78-58(32(2)3)70(98)99)24-21-41-42-22-25-45-57-44(23-20-40(56(42)57)34(6)54(41)55)68(96)81(69(45)97)31-51(83)73-36(8)61(89)75-47(27-38-18-14-11-15-19-38)63(91)77-49(29-53(86)87)65(93)79-59(33(4)5)71(100)101/h9-25,32-33,35-36,43,46-49,55,58-59H,6,26-31H2,1-5,7-8H3,(H,72,82)(H,73,83)(H,74,88)(H,75,89)(H,76,90)(H,77,91)(H,78,92)(H,79,93)(H,84,85)(H,86,87)(H,98,99)(H,100,101)/b39-9+/t35-,36-,43?,46-,47-,48?,49-,55?,58-,59-/m0/s1. The smallest absolute Gasteiger partial charge is 0.326 e. The molecule has 101 heavy (non-hydrogen) atoms. The number of carbonyl (C=O) groups excluding carboxylic acids is 12. The monoisotopic (exact) mass is 1390 g/mol. The van der Waals surface area contributed by atoms with Crippen LogP contribution < -0.4 is 47.8 Å². The third-order valence-electron chi connectivity index (χ3n) is 17.6. The van der Waals surface area contributed by atoms with Crippen LogP contribution >= 0.6 is 0 Å². The number of imide groups is 2. The van der Waals surface area contributed by atoms with Gasteiger partial charge in [-0.3, -0.25) is 76.9 Å². The summed E-state index contributed by atoms with van der Waals surface area (Å²) in [6.07, 6.45) is 2.36. The summed E-state index contributed by atoms with van der Waals surface area (Å²) in [6.45, 7) is 12.8. The number of carbonyl (C=O) groups is 16. The van der Waals surface area contributed by atoms with E-state index in [0.717, 1.165) is 4.90 Å². The van der Waals surface area contributed by atoms with Crippen LogP contribution in [0.1, 0.15) is 110 Å². The first-order valence-corrected chi connectivity index (χ1v) is 32.2. The zero-order chi connectivity index (χ0) is 74.2. The largest absolute Gasteiger partial charge is 0.481 e. The fourth-order valence-corrected chi connectivity index (χ4v) is 12.5. The van der Waals surface area contributed by atoms with E-state index < -0.39 is 193 Å². The van der Waals surface area contributed by atoms with E-state index in [1.807, 2.05) is 0 Å². The number of piperidine rings is 1. The minimum absolute atomic E-state index is 0.0131. The Hall–Kier alpha value is -12.0. The van der Waals surface area contributed by atoms with Crippen molar-refractivity contribution in [3.8, 4) is 0 Å². The molecule has 0 bridgehead atoms. The number of likely N-dealkylation sites (tertiary alicyclic amines) is 1. The van der Waals surface area contributed by atoms with Crippen LogP contribution in [-0.2, 0) is 80.0 Å². The number of carboxylic acid groups (broad SMARTS) is 4. The number of fused-ring (bicyclic) bond motifs is 4. The number of nitrogens with one attached hydrogen (secondary N) is 8. The van der Waals surface area contributed by atoms with E-state index in [9.17, 15) is 97.1 Å². The van der Waals surface area contributed by atoms with Crippen LogP contribution in [0.3, 0.4) is 0 Å². The van der Waals surface area contributed by atoms with Crippen molar-refractivity contribution in [1.29, 1.82) is 0 Å². The Kier molecular flexibility index (Phi) is 23.5. The first-order valence-electron chi connectivity index (χ1n) is 32.2. The number of hydrogen-bond donors (Lipinski definition) is 12. The summed E-state index contributed by atoms with van der Waals surface area (Å²) in [7, 11) is 0. The van der Waals surface area contributed by atoms with E-state index in [-0.39, 0.29) is 34.9 Å². The van der Waals surface area contributed by atoms with Crippen molar-refractivity contribution < 1.29 is 97.1 Å². The molecule has 30 nitrogen and oxygen atoms in total. The maximum atomic E-state index is 14.6. The highest BCUT2D eigenvalue weighted by atomic mass is 16.4. The maximum absolute atomic E-state index is 14.6. The first-order chi connectivity index (χ1) is 47.7. The molecule has 12 N–H and O–H groups in total. The van der Waals surface area contributed by atoms with Gasteiger partial charge in [0.05, 0.1) is 18.8 Å². The number of aliphatic carboxylic acids is 4. The molecule has 0 aromatic heterocycles. The Morgan fingerprint density at radius 2 is 0.891 bits per heavy atom. The predicted octanol–water partition coefficient (Wildman–Crippen LogP) is 0.594. The third kappa shape index (κ3) is 16.8. The van der Waals surface area contributed by atoms with Crippen LogP contribution in [-0.4, -0.2) is 186 Å². The number of amides is 12. The van der Waals surface area contributed by atoms with Crippen LogP contribution in [0.5, 0.6) is 0 Å². The molecule has 1 aliphatic carbocycles. The number of benzene rings is 5. The van der Waals surface area contributed by atoms with Crippen LogP contribution in [0.25, 0.3) is 34.2 Å². The Labute approximate surface area is 576 Å². The molecular weight excluding hydrogens is 1310 g/mol. The lowest BCUT2D eigenvalue weighted by atomic mass is 9.69. The van der Waals surface area contributed by atoms with E-state index in [1.54, 1.807) is 91.9 Å². The topological polar surface area (TPSA) is 457 Å². The number of hydrogen-bond acceptors (Lipinski definition) is 16. The van der Waals surface area contributed by atoms with Crippen molar-refractivity contribution in [2.75, 3.05) is 13.1 Å². The Bertz CT molecular complexity index is 4340. The van der Waals surface area contributed by atoms with Gasteiger partial charge < -0.3 is 63.0 Å². The van der Waals surface area contributed by atoms with Gasteiger partial charge in [-0.15, -0.1) is 0 Å². The quantitative estimate of drug-likeness (QED) is 0.0221. The molecular formula is C71H76N10O20. The maximum Gasteiger partial charge on any atom is 0.326 e. The van der Waals surface area contributed by atoms with Gasteiger partial charge in [-0.2, -0.15) is 0 Å². The Balaban J connectivity index is 0.953. The molecule has 2 aliphatic heterocycles. The fourth-order valence-electron chi connectivity index (χ4n) is 12.5. The van der Waals surface area contributed by atoms with Gasteiger partial charge in [0, 0.05) is 40.8 Å². The minimum Gasteiger partial charge on any atom is -0.481 e. The molecule has 1 fully saturated rings. The second-order valence-electron chi connectivity index (χ2n) is 25.4. The average molecular weight is 1390 g/mol. The molecule has 3 aliphatic rings. The Morgan fingerprint density at radius 1 is 0.485 bits per heavy atom. The lowest BCUT2D eigenvalue weighted by Crippen LogP contribution is -2.59. The van der Waals surface area contributed by atoms with Gasteiger partial charge in [0.1, 0.15) is 61.4 Å². The van der Waals surface area contributed by atoms with Gasteiger partial charge in [-0.25, -0.2) is 9.59 Å². The highest BCUT2D eigenvalue weighted by Crippen LogP contribution is 2.47. The van der Waals surface area contributed by atoms with Gasteiger partial charge in [-0.1, -0.05) is 125 Å². The molecule has 12 amide bonds. The molecule has 5 aromatic rings. The molecule has 0 spiro atoms. The van der Waals surface area contributed by atoms with Gasteiger partial charge in [-0.05, 0) is 88.4 Å². The number of carboxylic acids is 4. The van der Waals surface area contributed by atoms with Crippen LogP contribution in [0.15, 0.2) is 103 Å². The molecule has 0 saturated carbocycles. The summed E-state index contributed by atoms with van der Waals surface area (Å²) in [5.41, 5.74) is 2.11. The van der Waals surface area contributed by atoms with E-state index in [2.05, 4.69) is 49.1 Å². The van der Waals surface area contributed by atoms with Gasteiger partial charge in [0.2, 0.25) is 53.2 Å². The molecule has 5 aromatic carbocycles. The SMILES string of the molecule is C=c1c2c(c3ccc4c5c(ccc1c35)C(=O)N(CC(=O)N[C@@H](C)C(=O)N[C@@H](Cc1ccccc1)C(=O)N[C@@H](CC(=O)O)C(=O)N[C@H](C(=O)O)C(C)C)C4=O)C=CC1C(=O)N(CC(=O)N[C@@H](C)C(=O)N[C@@H](Cc3ccccc3)C(=O)NC(CC(=O)O)C(=O)N[C@H](C(=O)O)C(C)C)C(=O)/C(=C/C)C21.